The average Bonchev–Trinajstić information content (AvgIpc) is 2.35. The Morgan fingerprint density at radius 2 is 2.06 bits per heavy atom. The van der Waals surface area contributed by atoms with Crippen molar-refractivity contribution in [2.45, 2.75) is 32.2 Å². The summed E-state index contributed by atoms with van der Waals surface area (Å²) in [6.45, 7) is 5.85. The monoisotopic (exact) mass is 251 g/mol. The molecule has 0 radical (unpaired) electrons. The lowest BCUT2D eigenvalue weighted by Crippen LogP contribution is -2.52. The second-order valence-corrected chi connectivity index (χ2v) is 4.87. The third kappa shape index (κ3) is 3.23. The first-order chi connectivity index (χ1) is 8.40. The fraction of sp³-hybridized carbons (Fsp3) is 0.500. The summed E-state index contributed by atoms with van der Waals surface area (Å²) in [6.07, 6.45) is 0. The molecule has 100 valence electrons. The Kier molecular flexibility index (Phi) is 4.73. The summed E-state index contributed by atoms with van der Waals surface area (Å²) in [5, 5.41) is 11.9. The van der Waals surface area contributed by atoms with Crippen molar-refractivity contribution in [2.24, 2.45) is 0 Å². The Bertz CT molecular complexity index is 417. The van der Waals surface area contributed by atoms with Crippen LogP contribution in [-0.4, -0.2) is 30.3 Å². The molecule has 0 fully saturated rings. The number of ether oxygens (including phenoxy) is 1. The van der Waals surface area contributed by atoms with E-state index in [1.54, 1.807) is 14.0 Å². The minimum atomic E-state index is -1.08. The lowest BCUT2D eigenvalue weighted by atomic mass is 10.0. The summed E-state index contributed by atoms with van der Waals surface area (Å²) in [5.74, 6) is 0.161. The minimum absolute atomic E-state index is 0.0859. The molecule has 0 aliphatic carbocycles. The fourth-order valence-electron chi connectivity index (χ4n) is 1.55. The highest BCUT2D eigenvalue weighted by Crippen LogP contribution is 2.26. The van der Waals surface area contributed by atoms with Crippen LogP contribution in [0, 0.1) is 0 Å². The molecule has 0 amide bonds. The van der Waals surface area contributed by atoms with E-state index in [1.165, 1.54) is 0 Å². The molecule has 0 saturated carbocycles. The van der Waals surface area contributed by atoms with Crippen molar-refractivity contribution in [3.63, 3.8) is 0 Å². The van der Waals surface area contributed by atoms with E-state index in [1.807, 2.05) is 24.3 Å². The highest BCUT2D eigenvalue weighted by molar-refractivity contribution is 5.78. The Hall–Kier alpha value is -1.55. The fourth-order valence-corrected chi connectivity index (χ4v) is 1.55. The molecule has 1 rings (SSSR count). The largest absolute Gasteiger partial charge is 0.491 e. The topological polar surface area (TPSA) is 58.6 Å². The maximum absolute atomic E-state index is 11.1. The van der Waals surface area contributed by atoms with Crippen LogP contribution >= 0.6 is 0 Å². The van der Waals surface area contributed by atoms with Crippen LogP contribution in [0.4, 0.5) is 0 Å². The van der Waals surface area contributed by atoms with Gasteiger partial charge in [-0.3, -0.25) is 4.79 Å². The summed E-state index contributed by atoms with van der Waals surface area (Å²) in [6, 6.07) is 7.71. The van der Waals surface area contributed by atoms with E-state index in [-0.39, 0.29) is 6.61 Å². The zero-order valence-corrected chi connectivity index (χ0v) is 11.4. The zero-order chi connectivity index (χ0) is 13.8. The van der Waals surface area contributed by atoms with Gasteiger partial charge in [0.05, 0.1) is 0 Å². The molecule has 4 heteroatoms. The third-order valence-corrected chi connectivity index (χ3v) is 3.08. The van der Waals surface area contributed by atoms with Crippen LogP contribution < -0.4 is 10.1 Å². The first kappa shape index (κ1) is 14.5. The molecule has 1 unspecified atom stereocenters. The third-order valence-electron chi connectivity index (χ3n) is 3.08. The Balaban J connectivity index is 2.83. The molecular weight excluding hydrogens is 230 g/mol. The van der Waals surface area contributed by atoms with Gasteiger partial charge < -0.3 is 15.2 Å². The lowest BCUT2D eigenvalue weighted by molar-refractivity contribution is -0.145. The molecule has 0 aliphatic rings. The summed E-state index contributed by atoms with van der Waals surface area (Å²) < 4.78 is 5.67. The predicted molar refractivity (Wildman–Crippen MR) is 71.1 cm³/mol. The van der Waals surface area contributed by atoms with E-state index in [9.17, 15) is 4.79 Å². The molecule has 4 nitrogen and oxygen atoms in total. The number of para-hydroxylation sites is 1. The summed E-state index contributed by atoms with van der Waals surface area (Å²) in [4.78, 5) is 11.1. The average molecular weight is 251 g/mol. The van der Waals surface area contributed by atoms with Crippen molar-refractivity contribution < 1.29 is 14.6 Å². The van der Waals surface area contributed by atoms with Gasteiger partial charge in [-0.15, -0.1) is 0 Å². The number of carbonyl (C=O) groups is 1. The molecule has 1 aromatic carbocycles. The Morgan fingerprint density at radius 3 is 2.56 bits per heavy atom. The second kappa shape index (κ2) is 5.87. The summed E-state index contributed by atoms with van der Waals surface area (Å²) in [5.41, 5.74) is 0.00530. The van der Waals surface area contributed by atoms with E-state index < -0.39 is 11.5 Å². The first-order valence-electron chi connectivity index (χ1n) is 6.04. The highest BCUT2D eigenvalue weighted by Gasteiger charge is 2.32. The van der Waals surface area contributed by atoms with Gasteiger partial charge in [-0.25, -0.2) is 0 Å². The SMILES string of the molecule is CNC(C)(COc1ccccc1C(C)C)C(=O)O. The van der Waals surface area contributed by atoms with Crippen LogP contribution in [0.1, 0.15) is 32.3 Å². The van der Waals surface area contributed by atoms with Crippen molar-refractivity contribution in [1.82, 2.24) is 5.32 Å². The molecular formula is C14H21NO3. The van der Waals surface area contributed by atoms with Gasteiger partial charge >= 0.3 is 5.97 Å². The summed E-state index contributed by atoms with van der Waals surface area (Å²) in [7, 11) is 1.62. The molecule has 2 N–H and O–H groups in total. The van der Waals surface area contributed by atoms with E-state index in [0.29, 0.717) is 5.92 Å². The van der Waals surface area contributed by atoms with E-state index in [2.05, 4.69) is 19.2 Å². The Labute approximate surface area is 108 Å². The number of nitrogens with one attached hydrogen (secondary N) is 1. The van der Waals surface area contributed by atoms with Gasteiger partial charge in [-0.2, -0.15) is 0 Å². The van der Waals surface area contributed by atoms with Gasteiger partial charge in [0.2, 0.25) is 0 Å². The standard InChI is InChI=1S/C14H21NO3/c1-10(2)11-7-5-6-8-12(11)18-9-14(3,15-4)13(16)17/h5-8,10,15H,9H2,1-4H3,(H,16,17). The van der Waals surface area contributed by atoms with Gasteiger partial charge in [0, 0.05) is 0 Å². The van der Waals surface area contributed by atoms with Crippen molar-refractivity contribution in [3.05, 3.63) is 29.8 Å². The van der Waals surface area contributed by atoms with Gasteiger partial charge in [-0.05, 0) is 31.5 Å². The van der Waals surface area contributed by atoms with Gasteiger partial charge in [-0.1, -0.05) is 32.0 Å². The Morgan fingerprint density at radius 1 is 1.44 bits per heavy atom. The van der Waals surface area contributed by atoms with Crippen LogP contribution in [0.2, 0.25) is 0 Å². The van der Waals surface area contributed by atoms with Crippen LogP contribution in [0.3, 0.4) is 0 Å². The summed E-state index contributed by atoms with van der Waals surface area (Å²) >= 11 is 0. The predicted octanol–water partition coefficient (Wildman–Crippen LogP) is 2.25. The highest BCUT2D eigenvalue weighted by atomic mass is 16.5. The quantitative estimate of drug-likeness (QED) is 0.814. The molecule has 0 aliphatic heterocycles. The molecule has 18 heavy (non-hydrogen) atoms. The number of hydrogen-bond donors (Lipinski definition) is 2. The number of likely N-dealkylation sites (N-methyl/N-ethyl adjacent to an activating group) is 1. The second-order valence-electron chi connectivity index (χ2n) is 4.87. The molecule has 1 aromatic rings. The molecule has 0 bridgehead atoms. The van der Waals surface area contributed by atoms with Crippen LogP contribution in [-0.2, 0) is 4.79 Å². The number of aliphatic carboxylic acids is 1. The van der Waals surface area contributed by atoms with E-state index in [4.69, 9.17) is 9.84 Å². The number of hydrogen-bond acceptors (Lipinski definition) is 3. The van der Waals surface area contributed by atoms with Gasteiger partial charge in [0.15, 0.2) is 0 Å². The normalized spacial score (nSPS) is 14.3. The van der Waals surface area contributed by atoms with Crippen molar-refractivity contribution in [3.8, 4) is 5.75 Å². The molecule has 0 saturated heterocycles. The smallest absolute Gasteiger partial charge is 0.327 e. The molecule has 0 aromatic heterocycles. The first-order valence-corrected chi connectivity index (χ1v) is 6.04. The maximum atomic E-state index is 11.1. The van der Waals surface area contributed by atoms with Gasteiger partial charge in [0.25, 0.3) is 0 Å². The molecule has 0 heterocycles. The maximum Gasteiger partial charge on any atom is 0.327 e. The number of carboxylic acid groups (broad SMARTS) is 1. The number of benzene rings is 1. The molecule has 0 spiro atoms. The van der Waals surface area contributed by atoms with E-state index in [0.717, 1.165) is 11.3 Å². The number of rotatable bonds is 6. The lowest BCUT2D eigenvalue weighted by Gasteiger charge is -2.25. The van der Waals surface area contributed by atoms with Crippen molar-refractivity contribution >= 4 is 5.97 Å². The van der Waals surface area contributed by atoms with Crippen molar-refractivity contribution in [1.29, 1.82) is 0 Å². The van der Waals surface area contributed by atoms with Gasteiger partial charge in [0.1, 0.15) is 17.9 Å². The number of carboxylic acids is 1. The van der Waals surface area contributed by atoms with Crippen LogP contribution in [0.15, 0.2) is 24.3 Å². The zero-order valence-electron chi connectivity index (χ0n) is 11.4. The van der Waals surface area contributed by atoms with E-state index >= 15 is 0 Å². The molecule has 1 atom stereocenters. The van der Waals surface area contributed by atoms with Crippen LogP contribution in [0.5, 0.6) is 5.75 Å². The van der Waals surface area contributed by atoms with Crippen molar-refractivity contribution in [2.75, 3.05) is 13.7 Å². The van der Waals surface area contributed by atoms with Crippen LogP contribution in [0.25, 0.3) is 0 Å². The minimum Gasteiger partial charge on any atom is -0.491 e.